The summed E-state index contributed by atoms with van der Waals surface area (Å²) in [6, 6.07) is 11.1. The summed E-state index contributed by atoms with van der Waals surface area (Å²) < 4.78 is 6.84. The first kappa shape index (κ1) is 14.5. The van der Waals surface area contributed by atoms with Crippen molar-refractivity contribution >= 4 is 17.4 Å². The molecule has 2 N–H and O–H groups in total. The molecule has 1 aromatic carbocycles. The van der Waals surface area contributed by atoms with Crippen LogP contribution in [-0.4, -0.2) is 17.4 Å². The van der Waals surface area contributed by atoms with Gasteiger partial charge in [0.1, 0.15) is 5.75 Å². The zero-order valence-electron chi connectivity index (χ0n) is 11.4. The number of rotatable bonds is 6. The molecule has 4 nitrogen and oxygen atoms in total. The van der Waals surface area contributed by atoms with Crippen LogP contribution >= 0.6 is 11.8 Å². The van der Waals surface area contributed by atoms with E-state index in [2.05, 4.69) is 6.07 Å². The molecular formula is C15H18N2O2S. The molecule has 0 aliphatic heterocycles. The van der Waals surface area contributed by atoms with Gasteiger partial charge in [-0.2, -0.15) is 0 Å². The van der Waals surface area contributed by atoms with E-state index < -0.39 is 0 Å². The molecule has 0 atom stereocenters. The third-order valence-corrected chi connectivity index (χ3v) is 3.94. The molecule has 2 rings (SSSR count). The number of hydrogen-bond donors (Lipinski definition) is 1. The van der Waals surface area contributed by atoms with E-state index in [1.807, 2.05) is 18.2 Å². The fraction of sp³-hybridized carbons (Fsp3) is 0.267. The number of pyridine rings is 1. The number of benzene rings is 1. The lowest BCUT2D eigenvalue weighted by molar-refractivity contribution is 0.413. The molecule has 0 bridgehead atoms. The SMILES string of the molecule is COc1cccc(SCCCn2cc(N)ccc2=O)c1. The minimum atomic E-state index is -0.00872. The fourth-order valence-electron chi connectivity index (χ4n) is 1.84. The van der Waals surface area contributed by atoms with Gasteiger partial charge in [0.25, 0.3) is 5.56 Å². The van der Waals surface area contributed by atoms with Crippen molar-refractivity contribution in [1.29, 1.82) is 0 Å². The third-order valence-electron chi connectivity index (χ3n) is 2.86. The molecule has 0 fully saturated rings. The van der Waals surface area contributed by atoms with Crippen LogP contribution in [0, 0.1) is 0 Å². The van der Waals surface area contributed by atoms with E-state index in [0.29, 0.717) is 12.2 Å². The highest BCUT2D eigenvalue weighted by Crippen LogP contribution is 2.23. The first-order chi connectivity index (χ1) is 9.69. The molecule has 0 spiro atoms. The van der Waals surface area contributed by atoms with Crippen molar-refractivity contribution in [3.05, 3.63) is 52.9 Å². The summed E-state index contributed by atoms with van der Waals surface area (Å²) in [6.07, 6.45) is 2.60. The van der Waals surface area contributed by atoms with E-state index in [4.69, 9.17) is 10.5 Å². The van der Waals surface area contributed by atoms with Gasteiger partial charge in [0, 0.05) is 29.4 Å². The largest absolute Gasteiger partial charge is 0.497 e. The Morgan fingerprint density at radius 1 is 1.30 bits per heavy atom. The number of nitrogens with zero attached hydrogens (tertiary/aromatic N) is 1. The Morgan fingerprint density at radius 3 is 2.95 bits per heavy atom. The number of thioether (sulfide) groups is 1. The summed E-state index contributed by atoms with van der Waals surface area (Å²) in [7, 11) is 1.66. The van der Waals surface area contributed by atoms with Crippen molar-refractivity contribution in [2.45, 2.75) is 17.9 Å². The normalized spacial score (nSPS) is 10.4. The first-order valence-electron chi connectivity index (χ1n) is 6.42. The maximum absolute atomic E-state index is 11.6. The molecule has 0 radical (unpaired) electrons. The summed E-state index contributed by atoms with van der Waals surface area (Å²) in [5, 5.41) is 0. The molecule has 0 saturated heterocycles. The van der Waals surface area contributed by atoms with E-state index in [1.165, 1.54) is 11.0 Å². The van der Waals surface area contributed by atoms with Crippen molar-refractivity contribution in [2.75, 3.05) is 18.6 Å². The molecule has 20 heavy (non-hydrogen) atoms. The summed E-state index contributed by atoms with van der Waals surface area (Å²) in [6.45, 7) is 0.681. The van der Waals surface area contributed by atoms with Crippen LogP contribution in [0.25, 0.3) is 0 Å². The quantitative estimate of drug-likeness (QED) is 0.656. The lowest BCUT2D eigenvalue weighted by atomic mass is 10.3. The second kappa shape index (κ2) is 7.05. The van der Waals surface area contributed by atoms with E-state index >= 15 is 0 Å². The lowest BCUT2D eigenvalue weighted by Crippen LogP contribution is -2.19. The zero-order valence-corrected chi connectivity index (χ0v) is 12.2. The van der Waals surface area contributed by atoms with E-state index in [1.54, 1.807) is 35.7 Å². The zero-order chi connectivity index (χ0) is 14.4. The van der Waals surface area contributed by atoms with Gasteiger partial charge in [-0.25, -0.2) is 0 Å². The third kappa shape index (κ3) is 4.06. The molecule has 0 amide bonds. The number of methoxy groups -OCH3 is 1. The van der Waals surface area contributed by atoms with Crippen molar-refractivity contribution in [2.24, 2.45) is 0 Å². The minimum absolute atomic E-state index is 0.00872. The summed E-state index contributed by atoms with van der Waals surface area (Å²) in [5.41, 5.74) is 6.28. The number of ether oxygens (including phenoxy) is 1. The predicted molar refractivity (Wildman–Crippen MR) is 83.4 cm³/mol. The van der Waals surface area contributed by atoms with Crippen LogP contribution in [0.3, 0.4) is 0 Å². The molecule has 0 saturated carbocycles. The van der Waals surface area contributed by atoms with Gasteiger partial charge in [-0.1, -0.05) is 6.07 Å². The Balaban J connectivity index is 1.84. The van der Waals surface area contributed by atoms with E-state index in [0.717, 1.165) is 17.9 Å². The maximum atomic E-state index is 11.6. The molecular weight excluding hydrogens is 272 g/mol. The fourth-order valence-corrected chi connectivity index (χ4v) is 2.72. The Hall–Kier alpha value is -1.88. The summed E-state index contributed by atoms with van der Waals surface area (Å²) in [4.78, 5) is 12.8. The number of aromatic nitrogens is 1. The first-order valence-corrected chi connectivity index (χ1v) is 7.40. The molecule has 0 unspecified atom stereocenters. The number of hydrogen-bond acceptors (Lipinski definition) is 4. The highest BCUT2D eigenvalue weighted by molar-refractivity contribution is 7.99. The highest BCUT2D eigenvalue weighted by atomic mass is 32.2. The molecule has 1 heterocycles. The van der Waals surface area contributed by atoms with E-state index in [9.17, 15) is 4.79 Å². The summed E-state index contributed by atoms with van der Waals surface area (Å²) in [5.74, 6) is 1.80. The van der Waals surface area contributed by atoms with Crippen molar-refractivity contribution in [3.63, 3.8) is 0 Å². The van der Waals surface area contributed by atoms with Gasteiger partial charge in [-0.15, -0.1) is 11.8 Å². The lowest BCUT2D eigenvalue weighted by Gasteiger charge is -2.07. The molecule has 0 aliphatic rings. The standard InChI is InChI=1S/C15H18N2O2S/c1-19-13-4-2-5-14(10-13)20-9-3-8-17-11-12(16)6-7-15(17)18/h2,4-7,10-11H,3,8-9,16H2,1H3. The van der Waals surface area contributed by atoms with Crippen LogP contribution in [0.2, 0.25) is 0 Å². The molecule has 5 heteroatoms. The van der Waals surface area contributed by atoms with Gasteiger partial charge in [0.15, 0.2) is 0 Å². The van der Waals surface area contributed by atoms with Gasteiger partial charge >= 0.3 is 0 Å². The molecule has 106 valence electrons. The second-order valence-corrected chi connectivity index (χ2v) is 5.54. The van der Waals surface area contributed by atoms with Gasteiger partial charge < -0.3 is 15.0 Å². The van der Waals surface area contributed by atoms with Crippen LogP contribution in [0.1, 0.15) is 6.42 Å². The van der Waals surface area contributed by atoms with Gasteiger partial charge in [0.2, 0.25) is 0 Å². The smallest absolute Gasteiger partial charge is 0.250 e. The predicted octanol–water partition coefficient (Wildman–Crippen LogP) is 2.62. The average Bonchev–Trinajstić information content (AvgIpc) is 2.47. The number of anilines is 1. The van der Waals surface area contributed by atoms with Crippen LogP contribution in [0.5, 0.6) is 5.75 Å². The molecule has 0 aliphatic carbocycles. The topological polar surface area (TPSA) is 57.2 Å². The van der Waals surface area contributed by atoms with Crippen LogP contribution in [0.4, 0.5) is 5.69 Å². The maximum Gasteiger partial charge on any atom is 0.250 e. The molecule has 1 aromatic heterocycles. The second-order valence-electron chi connectivity index (χ2n) is 4.38. The Bertz CT molecular complexity index is 625. The van der Waals surface area contributed by atoms with Gasteiger partial charge in [-0.05, 0) is 36.4 Å². The average molecular weight is 290 g/mol. The summed E-state index contributed by atoms with van der Waals surface area (Å²) >= 11 is 1.75. The van der Waals surface area contributed by atoms with Gasteiger partial charge in [-0.3, -0.25) is 4.79 Å². The number of nitrogen functional groups attached to an aromatic ring is 1. The molecule has 2 aromatic rings. The minimum Gasteiger partial charge on any atom is -0.497 e. The Labute approximate surface area is 122 Å². The number of aryl methyl sites for hydroxylation is 1. The van der Waals surface area contributed by atoms with Crippen molar-refractivity contribution in [3.8, 4) is 5.75 Å². The number of nitrogens with two attached hydrogens (primary N) is 1. The van der Waals surface area contributed by atoms with Crippen LogP contribution in [0.15, 0.2) is 52.3 Å². The Morgan fingerprint density at radius 2 is 2.15 bits per heavy atom. The van der Waals surface area contributed by atoms with Crippen molar-refractivity contribution in [1.82, 2.24) is 4.57 Å². The Kier molecular flexibility index (Phi) is 5.12. The monoisotopic (exact) mass is 290 g/mol. The van der Waals surface area contributed by atoms with E-state index in [-0.39, 0.29) is 5.56 Å². The van der Waals surface area contributed by atoms with Crippen LogP contribution < -0.4 is 16.0 Å². The van der Waals surface area contributed by atoms with Gasteiger partial charge in [0.05, 0.1) is 7.11 Å². The highest BCUT2D eigenvalue weighted by Gasteiger charge is 1.99. The van der Waals surface area contributed by atoms with Crippen molar-refractivity contribution < 1.29 is 4.74 Å². The van der Waals surface area contributed by atoms with Crippen LogP contribution in [-0.2, 0) is 6.54 Å².